The van der Waals surface area contributed by atoms with Gasteiger partial charge in [-0.25, -0.2) is 8.42 Å². The van der Waals surface area contributed by atoms with Gasteiger partial charge in [0.15, 0.2) is 15.6 Å². The molecule has 1 fully saturated rings. The molecular formula is C13H15N3O5S2. The molecule has 0 N–H and O–H groups in total. The first kappa shape index (κ1) is 16.1. The Balaban J connectivity index is 1.55. The Morgan fingerprint density at radius 3 is 2.96 bits per heavy atom. The number of furan rings is 1. The fraction of sp³-hybridized carbons (Fsp3) is 0.462. The smallest absolute Gasteiger partial charge is 0.284 e. The van der Waals surface area contributed by atoms with Crippen LogP contribution in [0.1, 0.15) is 6.42 Å². The van der Waals surface area contributed by atoms with Gasteiger partial charge in [0.05, 0.1) is 23.5 Å². The summed E-state index contributed by atoms with van der Waals surface area (Å²) in [5.41, 5.74) is 0. The van der Waals surface area contributed by atoms with Gasteiger partial charge in [0.2, 0.25) is 5.91 Å². The van der Waals surface area contributed by atoms with Gasteiger partial charge in [0.25, 0.3) is 11.1 Å². The van der Waals surface area contributed by atoms with E-state index >= 15 is 0 Å². The van der Waals surface area contributed by atoms with Crippen molar-refractivity contribution in [3.63, 3.8) is 0 Å². The molecule has 23 heavy (non-hydrogen) atoms. The molecule has 0 aliphatic carbocycles. The number of sulfone groups is 1. The zero-order valence-corrected chi connectivity index (χ0v) is 14.0. The highest BCUT2D eigenvalue weighted by Gasteiger charge is 2.32. The lowest BCUT2D eigenvalue weighted by molar-refractivity contribution is -0.128. The lowest BCUT2D eigenvalue weighted by atomic mass is 10.2. The van der Waals surface area contributed by atoms with Gasteiger partial charge in [0.1, 0.15) is 0 Å². The van der Waals surface area contributed by atoms with E-state index < -0.39 is 9.84 Å². The number of rotatable bonds is 5. The van der Waals surface area contributed by atoms with Gasteiger partial charge in [0, 0.05) is 13.1 Å². The van der Waals surface area contributed by atoms with Crippen molar-refractivity contribution >= 4 is 27.5 Å². The predicted molar refractivity (Wildman–Crippen MR) is 82.6 cm³/mol. The number of thioether (sulfide) groups is 1. The normalized spacial score (nSPS) is 19.8. The van der Waals surface area contributed by atoms with Crippen LogP contribution in [-0.4, -0.2) is 59.8 Å². The molecule has 0 spiro atoms. The van der Waals surface area contributed by atoms with Gasteiger partial charge in [-0.3, -0.25) is 4.79 Å². The van der Waals surface area contributed by atoms with E-state index in [2.05, 4.69) is 10.2 Å². The van der Waals surface area contributed by atoms with Gasteiger partial charge >= 0.3 is 0 Å². The van der Waals surface area contributed by atoms with E-state index in [9.17, 15) is 13.2 Å². The van der Waals surface area contributed by atoms with Gasteiger partial charge in [-0.05, 0) is 18.6 Å². The monoisotopic (exact) mass is 357 g/mol. The van der Waals surface area contributed by atoms with Gasteiger partial charge in [-0.2, -0.15) is 0 Å². The molecule has 1 aliphatic heterocycles. The molecule has 1 atom stereocenters. The summed E-state index contributed by atoms with van der Waals surface area (Å²) < 4.78 is 33.5. The fourth-order valence-electron chi connectivity index (χ4n) is 2.28. The lowest BCUT2D eigenvalue weighted by Crippen LogP contribution is -2.38. The molecule has 1 saturated heterocycles. The minimum absolute atomic E-state index is 0.0309. The predicted octanol–water partition coefficient (Wildman–Crippen LogP) is 1.07. The molecule has 2 aromatic heterocycles. The van der Waals surface area contributed by atoms with E-state index in [-0.39, 0.29) is 40.3 Å². The van der Waals surface area contributed by atoms with E-state index in [1.54, 1.807) is 19.2 Å². The largest absolute Gasteiger partial charge is 0.459 e. The van der Waals surface area contributed by atoms with Crippen LogP contribution in [0.3, 0.4) is 0 Å². The quantitative estimate of drug-likeness (QED) is 0.731. The van der Waals surface area contributed by atoms with Crippen molar-refractivity contribution in [1.29, 1.82) is 0 Å². The number of amides is 1. The molecule has 3 rings (SSSR count). The third-order valence-corrected chi connectivity index (χ3v) is 6.16. The Morgan fingerprint density at radius 2 is 2.30 bits per heavy atom. The summed E-state index contributed by atoms with van der Waals surface area (Å²) >= 11 is 1.11. The standard InChI is InChI=1S/C13H15N3O5S2/c1-16(9-4-6-23(18,19)8-9)11(17)7-22-13-15-14-12(21-13)10-3-2-5-20-10/h2-3,5,9H,4,6-8H2,1H3/t9-/m0/s1. The third-order valence-electron chi connectivity index (χ3n) is 3.61. The molecule has 1 aliphatic rings. The first-order valence-electron chi connectivity index (χ1n) is 6.91. The van der Waals surface area contributed by atoms with Crippen molar-refractivity contribution in [3.05, 3.63) is 18.4 Å². The third kappa shape index (κ3) is 3.75. The van der Waals surface area contributed by atoms with Crippen LogP contribution < -0.4 is 0 Å². The van der Waals surface area contributed by atoms with Crippen LogP contribution in [0.15, 0.2) is 32.5 Å². The first-order valence-corrected chi connectivity index (χ1v) is 9.71. The maximum atomic E-state index is 12.2. The van der Waals surface area contributed by atoms with E-state index in [1.807, 2.05) is 0 Å². The highest BCUT2D eigenvalue weighted by Crippen LogP contribution is 2.24. The number of hydrogen-bond acceptors (Lipinski definition) is 8. The highest BCUT2D eigenvalue weighted by molar-refractivity contribution is 7.99. The Morgan fingerprint density at radius 1 is 1.48 bits per heavy atom. The molecule has 0 radical (unpaired) electrons. The van der Waals surface area contributed by atoms with Crippen molar-refractivity contribution in [2.75, 3.05) is 24.3 Å². The topological polar surface area (TPSA) is 107 Å². The average Bonchev–Trinajstić information content (AvgIpc) is 3.23. The zero-order valence-electron chi connectivity index (χ0n) is 12.3. The summed E-state index contributed by atoms with van der Waals surface area (Å²) in [6.07, 6.45) is 1.99. The second kappa shape index (κ2) is 6.36. The molecule has 0 unspecified atom stereocenters. The van der Waals surface area contributed by atoms with Gasteiger partial charge in [-0.1, -0.05) is 11.8 Å². The summed E-state index contributed by atoms with van der Waals surface area (Å²) in [6, 6.07) is 3.15. The Kier molecular flexibility index (Phi) is 4.44. The zero-order chi connectivity index (χ0) is 16.4. The van der Waals surface area contributed by atoms with Crippen LogP contribution >= 0.6 is 11.8 Å². The Labute approximate surface area is 137 Å². The minimum atomic E-state index is -3.01. The summed E-state index contributed by atoms with van der Waals surface area (Å²) in [4.78, 5) is 13.6. The highest BCUT2D eigenvalue weighted by atomic mass is 32.2. The van der Waals surface area contributed by atoms with Crippen LogP contribution in [0.2, 0.25) is 0 Å². The summed E-state index contributed by atoms with van der Waals surface area (Å²) in [7, 11) is -1.39. The van der Waals surface area contributed by atoms with Crippen LogP contribution in [-0.2, 0) is 14.6 Å². The molecule has 10 heteroatoms. The lowest BCUT2D eigenvalue weighted by Gasteiger charge is -2.22. The Hall–Kier alpha value is -1.81. The Bertz CT molecular complexity index is 784. The minimum Gasteiger partial charge on any atom is -0.459 e. The summed E-state index contributed by atoms with van der Waals surface area (Å²) in [5, 5.41) is 7.95. The van der Waals surface area contributed by atoms with Crippen molar-refractivity contribution in [1.82, 2.24) is 15.1 Å². The first-order chi connectivity index (χ1) is 10.9. The van der Waals surface area contributed by atoms with Crippen LogP contribution in [0, 0.1) is 0 Å². The molecule has 124 valence electrons. The van der Waals surface area contributed by atoms with Crippen molar-refractivity contribution < 1.29 is 22.0 Å². The summed E-state index contributed by atoms with van der Waals surface area (Å²) in [5.74, 6) is 0.813. The van der Waals surface area contributed by atoms with Crippen LogP contribution in [0.4, 0.5) is 0 Å². The van der Waals surface area contributed by atoms with E-state index in [4.69, 9.17) is 8.83 Å². The molecule has 8 nitrogen and oxygen atoms in total. The molecule has 0 saturated carbocycles. The van der Waals surface area contributed by atoms with Gasteiger partial charge < -0.3 is 13.7 Å². The second-order valence-corrected chi connectivity index (χ2v) is 8.36. The van der Waals surface area contributed by atoms with Crippen molar-refractivity contribution in [3.8, 4) is 11.7 Å². The molecule has 2 aromatic rings. The second-order valence-electron chi connectivity index (χ2n) is 5.20. The van der Waals surface area contributed by atoms with Crippen molar-refractivity contribution in [2.24, 2.45) is 0 Å². The number of hydrogen-bond donors (Lipinski definition) is 0. The van der Waals surface area contributed by atoms with Crippen LogP contribution in [0.5, 0.6) is 0 Å². The fourth-order valence-corrected chi connectivity index (χ4v) is 4.74. The van der Waals surface area contributed by atoms with Crippen molar-refractivity contribution in [2.45, 2.75) is 17.7 Å². The van der Waals surface area contributed by atoms with Crippen LogP contribution in [0.25, 0.3) is 11.7 Å². The molecule has 1 amide bonds. The van der Waals surface area contributed by atoms with Gasteiger partial charge in [-0.15, -0.1) is 10.2 Å². The number of aromatic nitrogens is 2. The van der Waals surface area contributed by atoms with E-state index in [0.717, 1.165) is 11.8 Å². The number of nitrogens with zero attached hydrogens (tertiary/aromatic N) is 3. The SMILES string of the molecule is CN(C(=O)CSc1nnc(-c2ccco2)o1)[C@H]1CCS(=O)(=O)C1. The molecular weight excluding hydrogens is 342 g/mol. The maximum absolute atomic E-state index is 12.2. The van der Waals surface area contributed by atoms with E-state index in [0.29, 0.717) is 12.2 Å². The molecule has 0 aromatic carbocycles. The molecule has 0 bridgehead atoms. The average molecular weight is 357 g/mol. The maximum Gasteiger partial charge on any atom is 0.284 e. The summed E-state index contributed by atoms with van der Waals surface area (Å²) in [6.45, 7) is 0. The molecule has 3 heterocycles. The van der Waals surface area contributed by atoms with E-state index in [1.165, 1.54) is 11.2 Å². The number of carbonyl (C=O) groups excluding carboxylic acids is 1. The number of carbonyl (C=O) groups is 1.